The van der Waals surface area contributed by atoms with Gasteiger partial charge in [0.2, 0.25) is 8.32 Å². The first kappa shape index (κ1) is 19.4. The van der Waals surface area contributed by atoms with Crippen LogP contribution in [0.25, 0.3) is 5.20 Å². The van der Waals surface area contributed by atoms with Gasteiger partial charge < -0.3 is 13.7 Å². The Bertz CT molecular complexity index is 578. The van der Waals surface area contributed by atoms with Gasteiger partial charge in [-0.2, -0.15) is 0 Å². The Labute approximate surface area is 148 Å². The molecule has 24 heavy (non-hydrogen) atoms. The highest BCUT2D eigenvalue weighted by molar-refractivity contribution is 6.91. The molecule has 132 valence electrons. The summed E-state index contributed by atoms with van der Waals surface area (Å²) in [5.74, 6) is 2.13. The molecule has 1 saturated heterocycles. The van der Waals surface area contributed by atoms with Crippen LogP contribution in [0.5, 0.6) is 0 Å². The molecule has 0 bridgehead atoms. The van der Waals surface area contributed by atoms with Crippen LogP contribution < -0.4 is 0 Å². The molecule has 0 saturated carbocycles. The summed E-state index contributed by atoms with van der Waals surface area (Å²) in [5.41, 5.74) is 0.519. The van der Waals surface area contributed by atoms with E-state index in [0.29, 0.717) is 0 Å². The van der Waals surface area contributed by atoms with Crippen molar-refractivity contribution in [1.82, 2.24) is 0 Å². The van der Waals surface area contributed by atoms with Crippen molar-refractivity contribution in [3.63, 3.8) is 0 Å². The molecule has 1 heterocycles. The maximum absolute atomic E-state index is 6.33. The second-order valence-electron chi connectivity index (χ2n) is 8.25. The third-order valence-electron chi connectivity index (χ3n) is 4.84. The van der Waals surface area contributed by atoms with Crippen LogP contribution in [-0.2, 0) is 13.7 Å². The maximum atomic E-state index is 6.33. The Balaban J connectivity index is 2.41. The lowest BCUT2D eigenvalue weighted by Crippen LogP contribution is -2.41. The van der Waals surface area contributed by atoms with Crippen LogP contribution in [0.4, 0.5) is 0 Å². The van der Waals surface area contributed by atoms with E-state index in [1.807, 2.05) is 6.07 Å². The van der Waals surface area contributed by atoms with E-state index in [1.54, 1.807) is 0 Å². The van der Waals surface area contributed by atoms with Gasteiger partial charge in [-0.05, 0) is 65.4 Å². The molecule has 5 heteroatoms. The van der Waals surface area contributed by atoms with E-state index < -0.39 is 8.32 Å². The van der Waals surface area contributed by atoms with Crippen molar-refractivity contribution < 1.29 is 13.7 Å². The zero-order valence-electron chi connectivity index (χ0n) is 16.3. The predicted octanol–water partition coefficient (Wildman–Crippen LogP) is 4.87. The molecule has 0 unspecified atom stereocenters. The summed E-state index contributed by atoms with van der Waals surface area (Å²) in [7, 11) is -2.45. The second-order valence-corrected chi connectivity index (χ2v) is 12.0. The average Bonchev–Trinajstić information content (AvgIpc) is 2.63. The van der Waals surface area contributed by atoms with Crippen LogP contribution in [-0.4, -0.2) is 32.7 Å². The summed E-state index contributed by atoms with van der Waals surface area (Å²) in [5, 5.41) is 1.22. The highest BCUT2D eigenvalue weighted by Crippen LogP contribution is 2.38. The van der Waals surface area contributed by atoms with Gasteiger partial charge >= 0.3 is 7.12 Å². The van der Waals surface area contributed by atoms with Gasteiger partial charge in [0.15, 0.2) is 0 Å². The summed E-state index contributed by atoms with van der Waals surface area (Å²) < 4.78 is 18.7. The molecule has 0 spiro atoms. The molecule has 0 amide bonds. The highest BCUT2D eigenvalue weighted by atomic mass is 28.4. The zero-order valence-corrected chi connectivity index (χ0v) is 17.3. The Morgan fingerprint density at radius 2 is 1.54 bits per heavy atom. The van der Waals surface area contributed by atoms with Crippen molar-refractivity contribution in [1.29, 1.82) is 0 Å². The van der Waals surface area contributed by atoms with Gasteiger partial charge in [-0.15, -0.1) is 0 Å². The lowest BCUT2D eigenvalue weighted by molar-refractivity contribution is 0.00578. The average molecular weight is 346 g/mol. The molecule has 0 aliphatic carbocycles. The van der Waals surface area contributed by atoms with E-state index in [2.05, 4.69) is 84.9 Å². The van der Waals surface area contributed by atoms with E-state index in [0.717, 1.165) is 0 Å². The molecule has 0 radical (unpaired) electrons. The standard InChI is InChI=1S/C19H31BO3Si/c1-15(2)21-24(7,8)17(16-12-10-9-11-13-16)14-20-22-18(3,4)19(5,6)23-20/h9-15H,1-8H3/b17-14-. The Morgan fingerprint density at radius 3 is 2.00 bits per heavy atom. The number of hydrogen-bond acceptors (Lipinski definition) is 3. The zero-order chi connectivity index (χ0) is 18.2. The first-order valence-corrected chi connectivity index (χ1v) is 11.7. The lowest BCUT2D eigenvalue weighted by atomic mass is 9.89. The van der Waals surface area contributed by atoms with Gasteiger partial charge in [0.1, 0.15) is 0 Å². The molecule has 1 aromatic rings. The van der Waals surface area contributed by atoms with Crippen LogP contribution in [0.3, 0.4) is 0 Å². The van der Waals surface area contributed by atoms with Crippen molar-refractivity contribution in [2.24, 2.45) is 0 Å². The monoisotopic (exact) mass is 346 g/mol. The highest BCUT2D eigenvalue weighted by Gasteiger charge is 2.50. The Kier molecular flexibility index (Phi) is 5.50. The summed E-state index contributed by atoms with van der Waals surface area (Å²) >= 11 is 0. The molecule has 1 aromatic carbocycles. The minimum Gasteiger partial charge on any atom is -0.411 e. The van der Waals surface area contributed by atoms with E-state index in [1.165, 1.54) is 10.8 Å². The molecule has 1 aliphatic rings. The lowest BCUT2D eigenvalue weighted by Gasteiger charge is -2.32. The summed E-state index contributed by atoms with van der Waals surface area (Å²) in [6, 6.07) is 10.4. The molecule has 0 atom stereocenters. The van der Waals surface area contributed by atoms with Crippen LogP contribution in [0.15, 0.2) is 36.3 Å². The normalized spacial score (nSPS) is 20.7. The molecule has 1 fully saturated rings. The van der Waals surface area contributed by atoms with Crippen LogP contribution >= 0.6 is 0 Å². The number of rotatable bonds is 5. The first-order valence-electron chi connectivity index (χ1n) is 8.76. The van der Waals surface area contributed by atoms with E-state index in [-0.39, 0.29) is 24.4 Å². The predicted molar refractivity (Wildman–Crippen MR) is 104 cm³/mol. The van der Waals surface area contributed by atoms with Gasteiger partial charge in [0, 0.05) is 6.10 Å². The van der Waals surface area contributed by atoms with Crippen molar-refractivity contribution in [3.05, 3.63) is 41.9 Å². The first-order chi connectivity index (χ1) is 10.9. The maximum Gasteiger partial charge on any atom is 0.487 e. The fourth-order valence-corrected chi connectivity index (χ4v) is 5.71. The quantitative estimate of drug-likeness (QED) is 0.712. The topological polar surface area (TPSA) is 27.7 Å². The fourth-order valence-electron chi connectivity index (χ4n) is 3.01. The minimum atomic E-state index is -2.10. The molecule has 0 aromatic heterocycles. The van der Waals surface area contributed by atoms with E-state index in [9.17, 15) is 0 Å². The largest absolute Gasteiger partial charge is 0.487 e. The summed E-state index contributed by atoms with van der Waals surface area (Å²) in [6.07, 6.45) is 0.192. The van der Waals surface area contributed by atoms with Crippen LogP contribution in [0.1, 0.15) is 47.1 Å². The molecule has 1 aliphatic heterocycles. The second kappa shape index (κ2) is 6.79. The van der Waals surface area contributed by atoms with Gasteiger partial charge in [-0.3, -0.25) is 0 Å². The van der Waals surface area contributed by atoms with Gasteiger partial charge in [-0.25, -0.2) is 0 Å². The molecular formula is C19H31BO3Si. The summed E-state index contributed by atoms with van der Waals surface area (Å²) in [6.45, 7) is 17.0. The van der Waals surface area contributed by atoms with Crippen molar-refractivity contribution in [2.75, 3.05) is 0 Å². The van der Waals surface area contributed by atoms with Gasteiger partial charge in [0.25, 0.3) is 0 Å². The molecular weight excluding hydrogens is 315 g/mol. The van der Waals surface area contributed by atoms with Crippen molar-refractivity contribution in [3.8, 4) is 0 Å². The van der Waals surface area contributed by atoms with E-state index in [4.69, 9.17) is 13.7 Å². The SMILES string of the molecule is CC(C)O[Si](C)(C)/C(=C\B1OC(C)(C)C(C)(C)O1)c1ccccc1. The number of hydrogen-bond donors (Lipinski definition) is 0. The Hall–Kier alpha value is -0.878. The van der Waals surface area contributed by atoms with Gasteiger partial charge in [0.05, 0.1) is 11.2 Å². The Morgan fingerprint density at radius 1 is 1.04 bits per heavy atom. The van der Waals surface area contributed by atoms with E-state index >= 15 is 0 Å². The molecule has 2 rings (SSSR count). The smallest absolute Gasteiger partial charge is 0.411 e. The minimum absolute atomic E-state index is 0.192. The fraction of sp³-hybridized carbons (Fsp3) is 0.579. The third-order valence-corrected chi connectivity index (χ3v) is 7.65. The van der Waals surface area contributed by atoms with Crippen molar-refractivity contribution in [2.45, 2.75) is 71.9 Å². The molecule has 3 nitrogen and oxygen atoms in total. The van der Waals surface area contributed by atoms with Crippen LogP contribution in [0.2, 0.25) is 13.1 Å². The third kappa shape index (κ3) is 4.20. The number of benzene rings is 1. The van der Waals surface area contributed by atoms with Gasteiger partial charge in [-0.1, -0.05) is 36.3 Å². The van der Waals surface area contributed by atoms with Crippen LogP contribution in [0, 0.1) is 0 Å². The summed E-state index contributed by atoms with van der Waals surface area (Å²) in [4.78, 5) is 0. The molecule has 0 N–H and O–H groups in total. The van der Waals surface area contributed by atoms with Crippen molar-refractivity contribution >= 4 is 20.6 Å².